The van der Waals surface area contributed by atoms with Crippen molar-refractivity contribution in [1.82, 2.24) is 14.9 Å². The van der Waals surface area contributed by atoms with Crippen molar-refractivity contribution in [3.63, 3.8) is 0 Å². The number of morpholine rings is 1. The van der Waals surface area contributed by atoms with Crippen LogP contribution in [0.15, 0.2) is 30.6 Å². The van der Waals surface area contributed by atoms with Crippen molar-refractivity contribution in [2.24, 2.45) is 0 Å². The van der Waals surface area contributed by atoms with E-state index in [-0.39, 0.29) is 17.6 Å². The fraction of sp³-hybridized carbons (Fsp3) is 0.368. The van der Waals surface area contributed by atoms with Crippen molar-refractivity contribution in [2.75, 3.05) is 44.0 Å². The maximum absolute atomic E-state index is 12.3. The summed E-state index contributed by atoms with van der Waals surface area (Å²) in [5, 5.41) is 14.1. The van der Waals surface area contributed by atoms with E-state index in [4.69, 9.17) is 14.7 Å². The Morgan fingerprint density at radius 1 is 1.39 bits per heavy atom. The highest BCUT2D eigenvalue weighted by molar-refractivity contribution is 6.00. The summed E-state index contributed by atoms with van der Waals surface area (Å²) in [5.74, 6) is 0.800. The summed E-state index contributed by atoms with van der Waals surface area (Å²) < 4.78 is 11.6. The zero-order chi connectivity index (χ0) is 19.9. The molecule has 0 spiro atoms. The molecule has 1 saturated heterocycles. The van der Waals surface area contributed by atoms with Crippen molar-refractivity contribution in [1.29, 1.82) is 5.26 Å². The Kier molecular flexibility index (Phi) is 6.37. The molecule has 2 amide bonds. The molecule has 0 aliphatic carbocycles. The van der Waals surface area contributed by atoms with Gasteiger partial charge in [0.1, 0.15) is 24.5 Å². The molecule has 2 N–H and O–H groups in total. The predicted octanol–water partition coefficient (Wildman–Crippen LogP) is 2.01. The summed E-state index contributed by atoms with van der Waals surface area (Å²) in [6.45, 7) is 4.71. The molecule has 1 unspecified atom stereocenters. The fourth-order valence-electron chi connectivity index (χ4n) is 2.74. The Balaban J connectivity index is 1.62. The Hall–Kier alpha value is -3.22. The highest BCUT2D eigenvalue weighted by Crippen LogP contribution is 2.26. The van der Waals surface area contributed by atoms with E-state index >= 15 is 0 Å². The zero-order valence-electron chi connectivity index (χ0n) is 15.8. The van der Waals surface area contributed by atoms with Gasteiger partial charge in [0, 0.05) is 13.1 Å². The number of hydrogen-bond donors (Lipinski definition) is 2. The minimum atomic E-state index is -0.483. The quantitative estimate of drug-likeness (QED) is 0.813. The number of nitrogens with zero attached hydrogens (tertiary/aromatic N) is 4. The molecule has 1 aromatic carbocycles. The van der Waals surface area contributed by atoms with E-state index in [1.165, 1.54) is 12.4 Å². The fourth-order valence-corrected chi connectivity index (χ4v) is 2.74. The number of nitriles is 1. The van der Waals surface area contributed by atoms with Gasteiger partial charge in [-0.15, -0.1) is 0 Å². The van der Waals surface area contributed by atoms with E-state index in [1.54, 1.807) is 0 Å². The average Bonchev–Trinajstić information content (AvgIpc) is 2.68. The van der Waals surface area contributed by atoms with Gasteiger partial charge in [-0.1, -0.05) is 6.07 Å². The maximum Gasteiger partial charge on any atom is 0.324 e. The van der Waals surface area contributed by atoms with Gasteiger partial charge in [-0.3, -0.25) is 5.32 Å². The molecule has 1 aliphatic rings. The molecular weight excluding hydrogens is 360 g/mol. The molecule has 2 aromatic rings. The number of rotatable bonds is 5. The Bertz CT molecular complexity index is 865. The Labute approximate surface area is 163 Å². The van der Waals surface area contributed by atoms with E-state index in [0.717, 1.165) is 18.7 Å². The third kappa shape index (κ3) is 5.39. The van der Waals surface area contributed by atoms with E-state index in [9.17, 15) is 4.79 Å². The number of aromatic nitrogens is 2. The first kappa shape index (κ1) is 19.5. The number of amides is 2. The van der Waals surface area contributed by atoms with Gasteiger partial charge in [0.05, 0.1) is 24.7 Å². The van der Waals surface area contributed by atoms with Gasteiger partial charge in [-0.2, -0.15) is 5.26 Å². The normalized spacial score (nSPS) is 16.8. The number of anilines is 2. The Morgan fingerprint density at radius 2 is 2.25 bits per heavy atom. The molecule has 0 bridgehead atoms. The summed E-state index contributed by atoms with van der Waals surface area (Å²) in [4.78, 5) is 22.3. The monoisotopic (exact) mass is 382 g/mol. The van der Waals surface area contributed by atoms with Gasteiger partial charge in [-0.25, -0.2) is 14.8 Å². The van der Waals surface area contributed by atoms with E-state index in [1.807, 2.05) is 38.2 Å². The van der Waals surface area contributed by atoms with Crippen LogP contribution in [0, 0.1) is 18.3 Å². The Morgan fingerprint density at radius 3 is 2.96 bits per heavy atom. The highest BCUT2D eigenvalue weighted by Gasteiger charge is 2.19. The lowest BCUT2D eigenvalue weighted by Gasteiger charge is -2.30. The second-order valence-corrected chi connectivity index (χ2v) is 6.54. The van der Waals surface area contributed by atoms with Crippen LogP contribution in [0.2, 0.25) is 0 Å². The van der Waals surface area contributed by atoms with E-state index < -0.39 is 6.03 Å². The van der Waals surface area contributed by atoms with Crippen molar-refractivity contribution in [2.45, 2.75) is 13.0 Å². The van der Waals surface area contributed by atoms with Gasteiger partial charge >= 0.3 is 6.03 Å². The predicted molar refractivity (Wildman–Crippen MR) is 103 cm³/mol. The van der Waals surface area contributed by atoms with Gasteiger partial charge in [0.25, 0.3) is 0 Å². The van der Waals surface area contributed by atoms with Crippen LogP contribution in [0.4, 0.5) is 16.3 Å². The summed E-state index contributed by atoms with van der Waals surface area (Å²) in [6.07, 6.45) is 2.59. The molecule has 0 radical (unpaired) electrons. The lowest BCUT2D eigenvalue weighted by Crippen LogP contribution is -2.42. The van der Waals surface area contributed by atoms with Crippen LogP contribution in [-0.2, 0) is 4.74 Å². The number of nitrogens with one attached hydrogen (secondary N) is 2. The average molecular weight is 382 g/mol. The zero-order valence-corrected chi connectivity index (χ0v) is 15.8. The van der Waals surface area contributed by atoms with Crippen LogP contribution in [0.5, 0.6) is 5.75 Å². The van der Waals surface area contributed by atoms with E-state index in [2.05, 4.69) is 25.5 Å². The van der Waals surface area contributed by atoms with Crippen LogP contribution in [0.1, 0.15) is 11.3 Å². The van der Waals surface area contributed by atoms with Crippen molar-refractivity contribution < 1.29 is 14.3 Å². The number of likely N-dealkylation sites (N-methyl/N-ethyl adjacent to an activating group) is 1. The minimum absolute atomic E-state index is 0.0179. The number of carbonyl (C=O) groups is 1. The first-order valence-electron chi connectivity index (χ1n) is 8.87. The summed E-state index contributed by atoms with van der Waals surface area (Å²) in [5.41, 5.74) is 1.70. The SMILES string of the molecule is Cc1ccc(OCC2CN(C)CCO2)c(NC(=O)Nc2cnc(C#N)cn2)c1. The number of benzene rings is 1. The minimum Gasteiger partial charge on any atom is -0.489 e. The number of aryl methyl sites for hydroxylation is 1. The third-order valence-corrected chi connectivity index (χ3v) is 4.16. The van der Waals surface area contributed by atoms with Crippen molar-refractivity contribution in [3.05, 3.63) is 41.9 Å². The first-order valence-corrected chi connectivity index (χ1v) is 8.87. The van der Waals surface area contributed by atoms with Crippen LogP contribution < -0.4 is 15.4 Å². The second kappa shape index (κ2) is 9.12. The molecule has 9 heteroatoms. The number of hydrogen-bond acceptors (Lipinski definition) is 7. The van der Waals surface area contributed by atoms with Gasteiger partial charge < -0.3 is 19.7 Å². The molecule has 1 fully saturated rings. The lowest BCUT2D eigenvalue weighted by atomic mass is 10.2. The molecular formula is C19H22N6O3. The number of urea groups is 1. The van der Waals surface area contributed by atoms with Gasteiger partial charge in [-0.05, 0) is 31.7 Å². The molecule has 1 aliphatic heterocycles. The smallest absolute Gasteiger partial charge is 0.324 e. The van der Waals surface area contributed by atoms with Crippen LogP contribution in [0.25, 0.3) is 0 Å². The van der Waals surface area contributed by atoms with Crippen LogP contribution in [0.3, 0.4) is 0 Å². The molecule has 1 atom stereocenters. The molecule has 28 heavy (non-hydrogen) atoms. The molecule has 1 aromatic heterocycles. The number of carbonyl (C=O) groups excluding carboxylic acids is 1. The van der Waals surface area contributed by atoms with Crippen molar-refractivity contribution >= 4 is 17.5 Å². The van der Waals surface area contributed by atoms with Crippen molar-refractivity contribution in [3.8, 4) is 11.8 Å². The second-order valence-electron chi connectivity index (χ2n) is 6.54. The molecule has 146 valence electrons. The first-order chi connectivity index (χ1) is 13.5. The molecule has 9 nitrogen and oxygen atoms in total. The standard InChI is InChI=1S/C19H22N6O3/c1-13-3-4-17(28-12-15-11-25(2)5-6-27-15)16(7-13)23-19(26)24-18-10-21-14(8-20)9-22-18/h3-4,7,9-10,15H,5-6,11-12H2,1-2H3,(H2,22,23,24,26). The highest BCUT2D eigenvalue weighted by atomic mass is 16.5. The summed E-state index contributed by atoms with van der Waals surface area (Å²) in [7, 11) is 2.05. The van der Waals surface area contributed by atoms with Crippen LogP contribution >= 0.6 is 0 Å². The lowest BCUT2D eigenvalue weighted by molar-refractivity contribution is -0.0402. The topological polar surface area (TPSA) is 112 Å². The van der Waals surface area contributed by atoms with Gasteiger partial charge in [0.15, 0.2) is 11.5 Å². The third-order valence-electron chi connectivity index (χ3n) is 4.16. The maximum atomic E-state index is 12.3. The van der Waals surface area contributed by atoms with E-state index in [0.29, 0.717) is 24.7 Å². The van der Waals surface area contributed by atoms with Crippen LogP contribution in [-0.4, -0.2) is 60.4 Å². The summed E-state index contributed by atoms with van der Waals surface area (Å²) in [6, 6.07) is 6.95. The molecule has 2 heterocycles. The van der Waals surface area contributed by atoms with Gasteiger partial charge in [0.2, 0.25) is 0 Å². The summed E-state index contributed by atoms with van der Waals surface area (Å²) >= 11 is 0. The molecule has 0 saturated carbocycles. The number of ether oxygens (including phenoxy) is 2. The molecule has 3 rings (SSSR count). The largest absolute Gasteiger partial charge is 0.489 e.